The van der Waals surface area contributed by atoms with Crippen LogP contribution >= 0.6 is 11.6 Å². The summed E-state index contributed by atoms with van der Waals surface area (Å²) >= 11 is 6.80. The molecule has 4 fully saturated rings. The Hall–Kier alpha value is -4.56. The van der Waals surface area contributed by atoms with Crippen LogP contribution in [-0.2, 0) is 29.2 Å². The van der Waals surface area contributed by atoms with Crippen molar-refractivity contribution in [3.63, 3.8) is 0 Å². The van der Waals surface area contributed by atoms with Crippen LogP contribution in [0.2, 0.25) is 5.02 Å². The van der Waals surface area contributed by atoms with Gasteiger partial charge in [0.15, 0.2) is 5.78 Å². The SMILES string of the molecule is C=C[C@@H]1C[C@]1(CC(=O)[C@@H]1C[C@@H](Oc2cc(-c3ccccn3)nc3c(Cl)c(OC)ccc23)CN1C(=O)[C@@H](CC(=O)N1CCCCC1)C(C)(C)C)C(=O)NS(=O)(=O)C1CC1. The number of methoxy groups -OCH3 is 1. The first-order chi connectivity index (χ1) is 27.6. The minimum absolute atomic E-state index is 0.0159. The van der Waals surface area contributed by atoms with E-state index >= 15 is 0 Å². The molecule has 0 bridgehead atoms. The largest absolute Gasteiger partial charge is 0.495 e. The summed E-state index contributed by atoms with van der Waals surface area (Å²) in [4.78, 5) is 69.6. The number of likely N-dealkylation sites (tertiary alicyclic amines) is 2. The lowest BCUT2D eigenvalue weighted by Gasteiger charge is -2.36. The number of fused-ring (bicyclic) bond motifs is 1. The number of nitrogens with zero attached hydrogens (tertiary/aromatic N) is 4. The van der Waals surface area contributed by atoms with E-state index in [0.29, 0.717) is 59.7 Å². The van der Waals surface area contributed by atoms with Gasteiger partial charge in [0.1, 0.15) is 22.6 Å². The van der Waals surface area contributed by atoms with Gasteiger partial charge in [-0.05, 0) is 74.1 Å². The number of ether oxygens (including phenoxy) is 2. The number of sulfonamides is 1. The summed E-state index contributed by atoms with van der Waals surface area (Å²) in [6.45, 7) is 10.9. The summed E-state index contributed by atoms with van der Waals surface area (Å²) in [5.74, 6) is -1.91. The van der Waals surface area contributed by atoms with Gasteiger partial charge in [0.05, 0.1) is 53.2 Å². The number of piperidine rings is 1. The third kappa shape index (κ3) is 8.45. The zero-order valence-electron chi connectivity index (χ0n) is 33.5. The van der Waals surface area contributed by atoms with Crippen molar-refractivity contribution in [3.8, 4) is 22.9 Å². The summed E-state index contributed by atoms with van der Waals surface area (Å²) in [5.41, 5.74) is -0.480. The van der Waals surface area contributed by atoms with Gasteiger partial charge in [0.25, 0.3) is 0 Å². The molecule has 0 unspecified atom stereocenters. The molecule has 3 aromatic rings. The Morgan fingerprint density at radius 2 is 1.81 bits per heavy atom. The zero-order valence-corrected chi connectivity index (χ0v) is 35.1. The fourth-order valence-electron chi connectivity index (χ4n) is 8.44. The number of hydrogen-bond acceptors (Lipinski definition) is 10. The molecule has 2 aromatic heterocycles. The molecular weight excluding hydrogens is 782 g/mol. The van der Waals surface area contributed by atoms with E-state index in [2.05, 4.69) is 16.3 Å². The minimum atomic E-state index is -3.87. The Bertz CT molecular complexity index is 2220. The van der Waals surface area contributed by atoms with Gasteiger partial charge >= 0.3 is 0 Å². The van der Waals surface area contributed by atoms with Gasteiger partial charge in [0.2, 0.25) is 27.7 Å². The number of allylic oxidation sites excluding steroid dienone is 1. The van der Waals surface area contributed by atoms with Crippen molar-refractivity contribution >= 4 is 56.0 Å². The Labute approximate surface area is 344 Å². The second-order valence-corrected chi connectivity index (χ2v) is 19.6. The van der Waals surface area contributed by atoms with Crippen molar-refractivity contribution in [2.24, 2.45) is 22.7 Å². The number of rotatable bonds is 14. The van der Waals surface area contributed by atoms with Crippen LogP contribution in [0.25, 0.3) is 22.3 Å². The van der Waals surface area contributed by atoms with Gasteiger partial charge in [0, 0.05) is 50.0 Å². The van der Waals surface area contributed by atoms with Crippen LogP contribution in [-0.4, -0.2) is 95.8 Å². The highest BCUT2D eigenvalue weighted by Crippen LogP contribution is 2.57. The molecule has 1 aromatic carbocycles. The predicted molar refractivity (Wildman–Crippen MR) is 220 cm³/mol. The van der Waals surface area contributed by atoms with Crippen molar-refractivity contribution in [1.82, 2.24) is 24.5 Å². The fourth-order valence-corrected chi connectivity index (χ4v) is 10.1. The quantitative estimate of drug-likeness (QED) is 0.187. The topological polar surface area (TPSA) is 165 Å². The molecule has 4 aliphatic rings. The monoisotopic (exact) mass is 833 g/mol. The number of Topliss-reactive ketones (excluding diaryl/α,β-unsaturated/α-hetero) is 1. The van der Waals surface area contributed by atoms with E-state index in [-0.39, 0.29) is 54.8 Å². The van der Waals surface area contributed by atoms with E-state index < -0.39 is 56.0 Å². The predicted octanol–water partition coefficient (Wildman–Crippen LogP) is 6.13. The fraction of sp³-hybridized carbons (Fsp3) is 0.535. The Morgan fingerprint density at radius 1 is 1.07 bits per heavy atom. The van der Waals surface area contributed by atoms with Crippen LogP contribution in [0.15, 0.2) is 55.3 Å². The molecule has 13 nitrogen and oxygen atoms in total. The molecule has 2 aliphatic carbocycles. The second kappa shape index (κ2) is 16.2. The maximum Gasteiger partial charge on any atom is 0.240 e. The highest BCUT2D eigenvalue weighted by Gasteiger charge is 2.61. The summed E-state index contributed by atoms with van der Waals surface area (Å²) in [5, 5.41) is 0.238. The van der Waals surface area contributed by atoms with E-state index in [4.69, 9.17) is 26.1 Å². The van der Waals surface area contributed by atoms with Crippen molar-refractivity contribution in [3.05, 3.63) is 60.3 Å². The molecule has 0 radical (unpaired) electrons. The lowest BCUT2D eigenvalue weighted by Crippen LogP contribution is -2.49. The smallest absolute Gasteiger partial charge is 0.240 e. The van der Waals surface area contributed by atoms with E-state index in [0.717, 1.165) is 19.3 Å². The first kappa shape index (κ1) is 41.6. The van der Waals surface area contributed by atoms with Gasteiger partial charge in [-0.25, -0.2) is 13.4 Å². The Kier molecular flexibility index (Phi) is 11.6. The molecule has 7 rings (SSSR count). The van der Waals surface area contributed by atoms with Crippen LogP contribution in [0.3, 0.4) is 0 Å². The standard InChI is InChI=1S/C43H52ClN5O8S/c1-6-26-23-43(26,41(53)47-58(54,55)28-13-14-28)24-34(50)33-20-27(25-49(33)40(52)30(42(2,3)4)21-37(51)48-18-10-7-11-19-48)57-36-22-32(31-12-8-9-17-45-31)46-39-29(36)15-16-35(56-5)38(39)44/h6,8-9,12,15-17,22,26-28,30,33H,1,7,10-11,13-14,18-21,23-25H2,2-5H3,(H,47,53)/t26-,27-,30-,33+,43-/m1/s1. The van der Waals surface area contributed by atoms with Gasteiger partial charge in [-0.1, -0.05) is 44.5 Å². The number of nitrogens with one attached hydrogen (secondary N) is 1. The van der Waals surface area contributed by atoms with Crippen molar-refractivity contribution in [1.29, 1.82) is 0 Å². The van der Waals surface area contributed by atoms with E-state index in [1.54, 1.807) is 36.5 Å². The zero-order chi connectivity index (χ0) is 41.6. The van der Waals surface area contributed by atoms with E-state index in [1.807, 2.05) is 37.8 Å². The molecule has 2 saturated carbocycles. The first-order valence-electron chi connectivity index (χ1n) is 20.1. The number of carbonyl (C=O) groups excluding carboxylic acids is 4. The lowest BCUT2D eigenvalue weighted by molar-refractivity contribution is -0.148. The van der Waals surface area contributed by atoms with Gasteiger partial charge in [-0.2, -0.15) is 0 Å². The maximum absolute atomic E-state index is 14.9. The van der Waals surface area contributed by atoms with Crippen molar-refractivity contribution in [2.45, 2.75) is 96.0 Å². The van der Waals surface area contributed by atoms with Crippen molar-refractivity contribution in [2.75, 3.05) is 26.7 Å². The van der Waals surface area contributed by atoms with E-state index in [1.165, 1.54) is 12.0 Å². The number of amides is 3. The number of ketones is 1. The average Bonchev–Trinajstić information content (AvgIpc) is 4.14. The van der Waals surface area contributed by atoms with Gasteiger partial charge in [-0.3, -0.25) is 28.9 Å². The molecular formula is C43H52ClN5O8S. The van der Waals surface area contributed by atoms with Gasteiger partial charge in [-0.15, -0.1) is 6.58 Å². The first-order valence-corrected chi connectivity index (χ1v) is 22.0. The lowest BCUT2D eigenvalue weighted by atomic mass is 9.77. The van der Waals surface area contributed by atoms with Gasteiger partial charge < -0.3 is 19.3 Å². The molecule has 15 heteroatoms. The summed E-state index contributed by atoms with van der Waals surface area (Å²) in [7, 11) is -2.36. The molecule has 3 amide bonds. The number of pyridine rings is 2. The maximum atomic E-state index is 14.9. The number of carbonyl (C=O) groups is 4. The van der Waals surface area contributed by atoms with Crippen molar-refractivity contribution < 1.29 is 37.1 Å². The molecule has 5 atom stereocenters. The highest BCUT2D eigenvalue weighted by atomic mass is 35.5. The van der Waals surface area contributed by atoms with Crippen LogP contribution in [0.4, 0.5) is 0 Å². The van der Waals surface area contributed by atoms with Crippen LogP contribution in [0.1, 0.15) is 78.6 Å². The molecule has 310 valence electrons. The Balaban J connectivity index is 1.23. The number of hydrogen-bond donors (Lipinski definition) is 1. The van der Waals surface area contributed by atoms with Crippen LogP contribution in [0, 0.1) is 22.7 Å². The normalized spacial score (nSPS) is 23.9. The highest BCUT2D eigenvalue weighted by molar-refractivity contribution is 7.90. The minimum Gasteiger partial charge on any atom is -0.495 e. The third-order valence-corrected chi connectivity index (χ3v) is 14.4. The number of halogens is 1. The molecule has 2 saturated heterocycles. The third-order valence-electron chi connectivity index (χ3n) is 12.2. The number of benzene rings is 1. The van der Waals surface area contributed by atoms with Crippen LogP contribution < -0.4 is 14.2 Å². The molecule has 0 spiro atoms. The molecule has 58 heavy (non-hydrogen) atoms. The molecule has 1 N–H and O–H groups in total. The summed E-state index contributed by atoms with van der Waals surface area (Å²) in [6.07, 6.45) is 6.40. The van der Waals surface area contributed by atoms with Crippen LogP contribution in [0.5, 0.6) is 11.5 Å². The second-order valence-electron chi connectivity index (χ2n) is 17.3. The number of aromatic nitrogens is 2. The molecule has 4 heterocycles. The Morgan fingerprint density at radius 3 is 2.43 bits per heavy atom. The van der Waals surface area contributed by atoms with E-state index in [9.17, 15) is 27.6 Å². The molecule has 2 aliphatic heterocycles. The summed E-state index contributed by atoms with van der Waals surface area (Å²) < 4.78 is 40.2. The summed E-state index contributed by atoms with van der Waals surface area (Å²) in [6, 6.07) is 9.67. The average molecular weight is 834 g/mol.